The minimum Gasteiger partial charge on any atom is -0.292 e. The number of carbonyl (C=O) groups is 1. The van der Waals surface area contributed by atoms with Crippen molar-refractivity contribution in [3.63, 3.8) is 0 Å². The minimum absolute atomic E-state index is 0.0984. The number of dihydropyridines is 1. The van der Waals surface area contributed by atoms with Crippen LogP contribution < -0.4 is 0 Å². The van der Waals surface area contributed by atoms with E-state index >= 15 is 0 Å². The van der Waals surface area contributed by atoms with Gasteiger partial charge >= 0.3 is 0 Å². The molecule has 0 fully saturated rings. The highest BCUT2D eigenvalue weighted by molar-refractivity contribution is 6.44. The van der Waals surface area contributed by atoms with E-state index in [-0.39, 0.29) is 12.1 Å². The van der Waals surface area contributed by atoms with E-state index in [2.05, 4.69) is 4.99 Å². The van der Waals surface area contributed by atoms with Gasteiger partial charge in [-0.3, -0.25) is 9.79 Å². The second-order valence-corrected chi connectivity index (χ2v) is 5.19. The third kappa shape index (κ3) is 2.70. The second kappa shape index (κ2) is 5.83. The van der Waals surface area contributed by atoms with Crippen molar-refractivity contribution < 1.29 is 18.0 Å². The summed E-state index contributed by atoms with van der Waals surface area (Å²) >= 11 is 0. The molecule has 1 aliphatic rings. The third-order valence-corrected chi connectivity index (χ3v) is 3.67. The van der Waals surface area contributed by atoms with Crippen molar-refractivity contribution in [1.82, 2.24) is 0 Å². The molecule has 0 atom stereocenters. The van der Waals surface area contributed by atoms with Gasteiger partial charge in [0, 0.05) is 29.0 Å². The molecule has 1 heterocycles. The van der Waals surface area contributed by atoms with E-state index in [0.29, 0.717) is 29.0 Å². The maximum absolute atomic E-state index is 14.2. The number of halogens is 3. The van der Waals surface area contributed by atoms with Gasteiger partial charge in [0.1, 0.15) is 24.0 Å². The minimum atomic E-state index is -1.10. The van der Waals surface area contributed by atoms with Crippen LogP contribution in [0.25, 0.3) is 11.1 Å². The van der Waals surface area contributed by atoms with Crippen LogP contribution in [0.5, 0.6) is 0 Å². The summed E-state index contributed by atoms with van der Waals surface area (Å²) in [5, 5.41) is 0. The topological polar surface area (TPSA) is 29.4 Å². The second-order valence-electron chi connectivity index (χ2n) is 5.19. The number of hydrogen-bond acceptors (Lipinski definition) is 2. The molecule has 3 rings (SSSR count). The Balaban J connectivity index is 2.36. The molecule has 0 aliphatic carbocycles. The van der Waals surface area contributed by atoms with Crippen molar-refractivity contribution in [2.45, 2.75) is 6.92 Å². The van der Waals surface area contributed by atoms with Crippen LogP contribution in [0.4, 0.5) is 13.2 Å². The van der Waals surface area contributed by atoms with E-state index in [4.69, 9.17) is 0 Å². The number of rotatable bonds is 2. The van der Waals surface area contributed by atoms with Crippen molar-refractivity contribution in [2.24, 2.45) is 4.99 Å². The lowest BCUT2D eigenvalue weighted by Crippen LogP contribution is -2.19. The molecule has 0 spiro atoms. The molecular formula is C18H12F3NO. The number of Topliss-reactive ketones (excluding diaryl/α,β-unsaturated/α-hetero) is 1. The summed E-state index contributed by atoms with van der Waals surface area (Å²) < 4.78 is 41.5. The predicted octanol–water partition coefficient (Wildman–Crippen LogP) is 4.06. The first-order valence-electron chi connectivity index (χ1n) is 6.98. The fraction of sp³-hybridized carbons (Fsp3) is 0.111. The molecule has 23 heavy (non-hydrogen) atoms. The highest BCUT2D eigenvalue weighted by atomic mass is 19.1. The number of benzene rings is 2. The van der Waals surface area contributed by atoms with Gasteiger partial charge in [0.25, 0.3) is 0 Å². The van der Waals surface area contributed by atoms with Crippen LogP contribution in [0.1, 0.15) is 18.1 Å². The zero-order chi connectivity index (χ0) is 16.6. The summed E-state index contributed by atoms with van der Waals surface area (Å²) in [5.41, 5.74) is 0.892. The number of nitrogens with zero attached hydrogens (tertiary/aromatic N) is 1. The first kappa shape index (κ1) is 15.2. The maximum Gasteiger partial charge on any atom is 0.185 e. The Hall–Kier alpha value is -2.69. The molecule has 0 saturated carbocycles. The van der Waals surface area contributed by atoms with E-state index in [9.17, 15) is 18.0 Å². The van der Waals surface area contributed by atoms with Crippen LogP contribution in [-0.2, 0) is 4.79 Å². The smallest absolute Gasteiger partial charge is 0.185 e. The van der Waals surface area contributed by atoms with Crippen LogP contribution in [0.15, 0.2) is 47.5 Å². The van der Waals surface area contributed by atoms with E-state index in [1.54, 1.807) is 37.3 Å². The third-order valence-electron chi connectivity index (χ3n) is 3.67. The first-order valence-corrected chi connectivity index (χ1v) is 6.98. The highest BCUT2D eigenvalue weighted by Gasteiger charge is 2.29. The van der Waals surface area contributed by atoms with Gasteiger partial charge in [0.15, 0.2) is 5.78 Å². The van der Waals surface area contributed by atoms with Gasteiger partial charge < -0.3 is 0 Å². The van der Waals surface area contributed by atoms with Gasteiger partial charge in [-0.2, -0.15) is 0 Å². The van der Waals surface area contributed by atoms with Crippen molar-refractivity contribution >= 4 is 22.6 Å². The SMILES string of the molecule is CC1=NCC(=O)C(c2c(F)cc(F)cc2F)=C1c1ccccc1. The Morgan fingerprint density at radius 2 is 1.57 bits per heavy atom. The van der Waals surface area contributed by atoms with Crippen LogP contribution in [0.3, 0.4) is 0 Å². The normalized spacial score (nSPS) is 15.0. The lowest BCUT2D eigenvalue weighted by Gasteiger charge is -2.20. The molecule has 0 N–H and O–H groups in total. The van der Waals surface area contributed by atoms with Gasteiger partial charge in [-0.05, 0) is 12.5 Å². The monoisotopic (exact) mass is 315 g/mol. The predicted molar refractivity (Wildman–Crippen MR) is 82.6 cm³/mol. The van der Waals surface area contributed by atoms with Crippen molar-refractivity contribution in [1.29, 1.82) is 0 Å². The van der Waals surface area contributed by atoms with E-state index < -0.39 is 28.8 Å². The molecule has 2 nitrogen and oxygen atoms in total. The van der Waals surface area contributed by atoms with Crippen LogP contribution >= 0.6 is 0 Å². The van der Waals surface area contributed by atoms with Crippen molar-refractivity contribution in [2.75, 3.05) is 6.54 Å². The Morgan fingerprint density at radius 1 is 0.957 bits per heavy atom. The average molecular weight is 315 g/mol. The molecule has 0 bridgehead atoms. The lowest BCUT2D eigenvalue weighted by molar-refractivity contribution is -0.112. The number of aliphatic imine (C=N–C) groups is 1. The summed E-state index contributed by atoms with van der Waals surface area (Å²) in [6, 6.07) is 9.90. The number of allylic oxidation sites excluding steroid dienone is 1. The summed E-state index contributed by atoms with van der Waals surface area (Å²) in [6.07, 6.45) is 0. The Morgan fingerprint density at radius 3 is 2.17 bits per heavy atom. The van der Waals surface area contributed by atoms with E-state index in [1.165, 1.54) is 0 Å². The number of carbonyl (C=O) groups excluding carboxylic acids is 1. The van der Waals surface area contributed by atoms with Crippen LogP contribution in [0.2, 0.25) is 0 Å². The van der Waals surface area contributed by atoms with Gasteiger partial charge in [-0.25, -0.2) is 13.2 Å². The Kier molecular flexibility index (Phi) is 3.86. The molecule has 5 heteroatoms. The molecule has 2 aromatic rings. The van der Waals surface area contributed by atoms with Crippen molar-refractivity contribution in [3.05, 3.63) is 71.0 Å². The zero-order valence-electron chi connectivity index (χ0n) is 12.2. The quantitative estimate of drug-likeness (QED) is 0.822. The molecule has 2 aromatic carbocycles. The molecule has 0 saturated heterocycles. The summed E-state index contributed by atoms with van der Waals surface area (Å²) in [5.74, 6) is -3.74. The largest absolute Gasteiger partial charge is 0.292 e. The fourth-order valence-corrected chi connectivity index (χ4v) is 2.67. The average Bonchev–Trinajstić information content (AvgIpc) is 2.50. The number of ketones is 1. The van der Waals surface area contributed by atoms with E-state index in [1.807, 2.05) is 0 Å². The molecule has 0 unspecified atom stereocenters. The summed E-state index contributed by atoms with van der Waals surface area (Å²) in [6.45, 7) is 1.49. The first-order chi connectivity index (χ1) is 11.0. The molecule has 116 valence electrons. The van der Waals surface area contributed by atoms with Gasteiger partial charge in [0.2, 0.25) is 0 Å². The van der Waals surface area contributed by atoms with E-state index in [0.717, 1.165) is 0 Å². The van der Waals surface area contributed by atoms with Gasteiger partial charge in [-0.1, -0.05) is 30.3 Å². The highest BCUT2D eigenvalue weighted by Crippen LogP contribution is 2.34. The molecule has 0 radical (unpaired) electrons. The van der Waals surface area contributed by atoms with Gasteiger partial charge in [-0.15, -0.1) is 0 Å². The standard InChI is InChI=1S/C18H12F3NO/c1-10-16(11-5-3-2-4-6-11)18(15(23)9-22-10)17-13(20)7-12(19)8-14(17)21/h2-8H,9H2,1H3. The molecule has 1 aliphatic heterocycles. The maximum atomic E-state index is 14.2. The Bertz CT molecular complexity index is 831. The molecule has 0 aromatic heterocycles. The zero-order valence-corrected chi connectivity index (χ0v) is 12.2. The van der Waals surface area contributed by atoms with Crippen LogP contribution in [0, 0.1) is 17.5 Å². The number of hydrogen-bond donors (Lipinski definition) is 0. The van der Waals surface area contributed by atoms with Gasteiger partial charge in [0.05, 0.1) is 5.56 Å². The molecular weight excluding hydrogens is 303 g/mol. The lowest BCUT2D eigenvalue weighted by atomic mass is 9.87. The summed E-state index contributed by atoms with van der Waals surface area (Å²) in [7, 11) is 0. The summed E-state index contributed by atoms with van der Waals surface area (Å²) in [4.78, 5) is 16.4. The van der Waals surface area contributed by atoms with Crippen LogP contribution in [-0.4, -0.2) is 18.0 Å². The fourth-order valence-electron chi connectivity index (χ4n) is 2.67. The van der Waals surface area contributed by atoms with Crippen molar-refractivity contribution in [3.8, 4) is 0 Å². The molecule has 0 amide bonds. The Labute approximate surface area is 131 Å².